The summed E-state index contributed by atoms with van der Waals surface area (Å²) in [6, 6.07) is 5.00. The molecule has 2 rings (SSSR count). The maximum absolute atomic E-state index is 12.2. The molecule has 0 aliphatic carbocycles. The Hall–Kier alpha value is -1.12. The van der Waals surface area contributed by atoms with Crippen LogP contribution in [0.2, 0.25) is 0 Å². The van der Waals surface area contributed by atoms with Gasteiger partial charge in [0.1, 0.15) is 4.90 Å². The summed E-state index contributed by atoms with van der Waals surface area (Å²) >= 11 is 0. The van der Waals surface area contributed by atoms with Gasteiger partial charge in [-0.2, -0.15) is 0 Å². The fourth-order valence-corrected chi connectivity index (χ4v) is 4.19. The zero-order chi connectivity index (χ0) is 14.9. The van der Waals surface area contributed by atoms with Crippen LogP contribution in [0.15, 0.2) is 23.1 Å². The highest BCUT2D eigenvalue weighted by Gasteiger charge is 2.24. The van der Waals surface area contributed by atoms with Gasteiger partial charge in [0.25, 0.3) is 0 Å². The number of sulfonamides is 1. The average molecular weight is 317 g/mol. The van der Waals surface area contributed by atoms with Crippen molar-refractivity contribution in [2.45, 2.75) is 4.90 Å². The van der Waals surface area contributed by atoms with Crippen LogP contribution in [0.4, 0.5) is 11.4 Å². The van der Waals surface area contributed by atoms with Crippen molar-refractivity contribution < 1.29 is 12.6 Å². The molecule has 1 aliphatic heterocycles. The Morgan fingerprint density at radius 3 is 2.40 bits per heavy atom. The van der Waals surface area contributed by atoms with Crippen LogP contribution in [-0.2, 0) is 20.8 Å². The third-order valence-corrected chi connectivity index (χ3v) is 6.47. The van der Waals surface area contributed by atoms with Crippen molar-refractivity contribution in [3.05, 3.63) is 18.2 Å². The zero-order valence-electron chi connectivity index (χ0n) is 11.6. The molecule has 0 saturated carbocycles. The predicted octanol–water partition coefficient (Wildman–Crippen LogP) is 0.0878. The molecular formula is C12H19N3O3S2. The fourth-order valence-electron chi connectivity index (χ4n) is 2.11. The van der Waals surface area contributed by atoms with Crippen molar-refractivity contribution in [2.75, 3.05) is 49.3 Å². The summed E-state index contributed by atoms with van der Waals surface area (Å²) in [6.07, 6.45) is 0. The minimum Gasteiger partial charge on any atom is -0.396 e. The Morgan fingerprint density at radius 2 is 1.85 bits per heavy atom. The Morgan fingerprint density at radius 1 is 1.25 bits per heavy atom. The third kappa shape index (κ3) is 2.82. The first-order chi connectivity index (χ1) is 9.34. The Balaban J connectivity index is 2.40. The van der Waals surface area contributed by atoms with E-state index in [1.807, 2.05) is 4.90 Å². The van der Waals surface area contributed by atoms with Crippen molar-refractivity contribution in [1.29, 1.82) is 0 Å². The lowest BCUT2D eigenvalue weighted by atomic mass is 10.2. The molecule has 0 aromatic heterocycles. The van der Waals surface area contributed by atoms with Gasteiger partial charge in [0, 0.05) is 49.5 Å². The van der Waals surface area contributed by atoms with E-state index in [0.29, 0.717) is 30.3 Å². The largest absolute Gasteiger partial charge is 0.396 e. The molecule has 1 fully saturated rings. The van der Waals surface area contributed by atoms with Gasteiger partial charge >= 0.3 is 0 Å². The van der Waals surface area contributed by atoms with Gasteiger partial charge in [-0.05, 0) is 12.1 Å². The summed E-state index contributed by atoms with van der Waals surface area (Å²) in [4.78, 5) is 2.11. The summed E-state index contributed by atoms with van der Waals surface area (Å²) in [5.41, 5.74) is 7.01. The maximum Gasteiger partial charge on any atom is 0.244 e. The second-order valence-corrected chi connectivity index (χ2v) is 8.63. The predicted molar refractivity (Wildman–Crippen MR) is 81.8 cm³/mol. The Bertz CT molecular complexity index is 619. The lowest BCUT2D eigenvalue weighted by Gasteiger charge is -2.30. The Kier molecular flexibility index (Phi) is 4.36. The van der Waals surface area contributed by atoms with Gasteiger partial charge in [0.05, 0.1) is 11.4 Å². The molecule has 0 spiro atoms. The molecule has 112 valence electrons. The highest BCUT2D eigenvalue weighted by molar-refractivity contribution is 7.89. The van der Waals surface area contributed by atoms with Crippen LogP contribution in [0.25, 0.3) is 0 Å². The normalized spacial score (nSPS) is 17.6. The van der Waals surface area contributed by atoms with E-state index in [9.17, 15) is 12.6 Å². The zero-order valence-corrected chi connectivity index (χ0v) is 13.2. The Labute approximate surface area is 122 Å². The van der Waals surface area contributed by atoms with Crippen LogP contribution in [-0.4, -0.2) is 55.6 Å². The second kappa shape index (κ2) is 5.71. The molecule has 1 aromatic carbocycles. The van der Waals surface area contributed by atoms with Crippen LogP contribution in [0, 0.1) is 0 Å². The van der Waals surface area contributed by atoms with E-state index in [1.54, 1.807) is 12.1 Å². The quantitative estimate of drug-likeness (QED) is 0.799. The van der Waals surface area contributed by atoms with Crippen molar-refractivity contribution in [1.82, 2.24) is 4.31 Å². The number of nitrogens with zero attached hydrogens (tertiary/aromatic N) is 2. The van der Waals surface area contributed by atoms with Crippen LogP contribution in [0.3, 0.4) is 0 Å². The number of rotatable bonds is 3. The molecule has 0 amide bonds. The molecule has 2 N–H and O–H groups in total. The molecule has 1 aromatic rings. The molecule has 20 heavy (non-hydrogen) atoms. The monoisotopic (exact) mass is 317 g/mol. The first-order valence-electron chi connectivity index (χ1n) is 6.25. The van der Waals surface area contributed by atoms with Gasteiger partial charge in [-0.1, -0.05) is 6.07 Å². The van der Waals surface area contributed by atoms with E-state index in [1.165, 1.54) is 20.2 Å². The first-order valence-corrected chi connectivity index (χ1v) is 9.18. The molecule has 0 unspecified atom stereocenters. The minimum atomic E-state index is -3.56. The molecule has 8 heteroatoms. The van der Waals surface area contributed by atoms with Crippen molar-refractivity contribution in [3.63, 3.8) is 0 Å². The van der Waals surface area contributed by atoms with Gasteiger partial charge in [-0.15, -0.1) is 0 Å². The van der Waals surface area contributed by atoms with E-state index < -0.39 is 20.8 Å². The average Bonchev–Trinajstić information content (AvgIpc) is 2.40. The first kappa shape index (κ1) is 15.3. The van der Waals surface area contributed by atoms with Gasteiger partial charge in [0.2, 0.25) is 10.0 Å². The van der Waals surface area contributed by atoms with Gasteiger partial charge < -0.3 is 10.6 Å². The molecule has 1 aliphatic rings. The summed E-state index contributed by atoms with van der Waals surface area (Å²) in [5.74, 6) is 1.17. The number of nitrogen functional groups attached to an aromatic ring is 1. The maximum atomic E-state index is 12.2. The number of anilines is 2. The molecule has 6 nitrogen and oxygen atoms in total. The van der Waals surface area contributed by atoms with Crippen molar-refractivity contribution in [2.24, 2.45) is 0 Å². The summed E-state index contributed by atoms with van der Waals surface area (Å²) in [7, 11) is -1.38. The summed E-state index contributed by atoms with van der Waals surface area (Å²) in [6.45, 7) is 1.25. The number of nitrogens with two attached hydrogens (primary N) is 1. The second-order valence-electron chi connectivity index (χ2n) is 4.81. The molecule has 0 bridgehead atoms. The minimum absolute atomic E-state index is 0.117. The third-order valence-electron chi connectivity index (χ3n) is 3.32. The van der Waals surface area contributed by atoms with Crippen LogP contribution in [0.1, 0.15) is 0 Å². The van der Waals surface area contributed by atoms with E-state index in [0.717, 1.165) is 4.31 Å². The number of benzene rings is 1. The molecule has 0 radical (unpaired) electrons. The van der Waals surface area contributed by atoms with E-state index in [2.05, 4.69) is 0 Å². The lowest BCUT2D eigenvalue weighted by Crippen LogP contribution is -2.38. The lowest BCUT2D eigenvalue weighted by molar-refractivity contribution is 0.521. The number of hydrogen-bond donors (Lipinski definition) is 1. The highest BCUT2D eigenvalue weighted by atomic mass is 32.2. The van der Waals surface area contributed by atoms with Gasteiger partial charge in [-0.25, -0.2) is 12.7 Å². The number of hydrogen-bond acceptors (Lipinski definition) is 5. The molecule has 1 saturated heterocycles. The fraction of sp³-hybridized carbons (Fsp3) is 0.500. The molecule has 0 atom stereocenters. The van der Waals surface area contributed by atoms with Gasteiger partial charge in [-0.3, -0.25) is 4.21 Å². The highest BCUT2D eigenvalue weighted by Crippen LogP contribution is 2.31. The van der Waals surface area contributed by atoms with E-state index >= 15 is 0 Å². The van der Waals surface area contributed by atoms with E-state index in [-0.39, 0.29) is 10.6 Å². The summed E-state index contributed by atoms with van der Waals surface area (Å²) < 4.78 is 37.0. The van der Waals surface area contributed by atoms with Crippen molar-refractivity contribution in [3.8, 4) is 0 Å². The summed E-state index contributed by atoms with van der Waals surface area (Å²) in [5, 5.41) is 0. The molecule has 1 heterocycles. The smallest absolute Gasteiger partial charge is 0.244 e. The van der Waals surface area contributed by atoms with Crippen LogP contribution in [0.5, 0.6) is 0 Å². The topological polar surface area (TPSA) is 83.7 Å². The standard InChI is InChI=1S/C12H19N3O3S2/c1-14(2)20(17,18)11-5-3-4-10(12(11)13)15-6-8-19(16)9-7-15/h3-5H,6-9,13H2,1-2H3. The number of para-hydroxylation sites is 1. The van der Waals surface area contributed by atoms with E-state index in [4.69, 9.17) is 5.73 Å². The van der Waals surface area contributed by atoms with Gasteiger partial charge in [0.15, 0.2) is 0 Å². The van der Waals surface area contributed by atoms with Crippen LogP contribution < -0.4 is 10.6 Å². The van der Waals surface area contributed by atoms with Crippen LogP contribution >= 0.6 is 0 Å². The SMILES string of the molecule is CN(C)S(=O)(=O)c1cccc(N2CCS(=O)CC2)c1N. The van der Waals surface area contributed by atoms with Crippen molar-refractivity contribution >= 4 is 32.2 Å². The molecular weight excluding hydrogens is 298 g/mol.